The largest absolute Gasteiger partial charge is 0.466 e. The molecule has 1 amide bonds. The van der Waals surface area contributed by atoms with Crippen LogP contribution in [-0.2, 0) is 14.3 Å². The molecule has 7 heteroatoms. The van der Waals surface area contributed by atoms with E-state index in [1.54, 1.807) is 19.1 Å². The molecule has 1 aliphatic rings. The zero-order valence-corrected chi connectivity index (χ0v) is 15.3. The molecule has 0 unspecified atom stereocenters. The first-order valence-electron chi connectivity index (χ1n) is 9.11. The predicted octanol–water partition coefficient (Wildman–Crippen LogP) is 1.94. The molecule has 0 bridgehead atoms. The van der Waals surface area contributed by atoms with Gasteiger partial charge < -0.3 is 14.4 Å². The zero-order valence-electron chi connectivity index (χ0n) is 15.3. The second-order valence-electron chi connectivity index (χ2n) is 6.13. The van der Waals surface area contributed by atoms with E-state index in [2.05, 4.69) is 4.90 Å². The zero-order chi connectivity index (χ0) is 18.8. The van der Waals surface area contributed by atoms with Gasteiger partial charge in [-0.15, -0.1) is 0 Å². The van der Waals surface area contributed by atoms with Crippen LogP contribution in [0, 0.1) is 5.82 Å². The molecule has 0 N–H and O–H groups in total. The maximum atomic E-state index is 14.0. The quantitative estimate of drug-likeness (QED) is 0.625. The number of benzene rings is 1. The minimum absolute atomic E-state index is 0.0303. The molecule has 0 radical (unpaired) electrons. The molecule has 26 heavy (non-hydrogen) atoms. The van der Waals surface area contributed by atoms with Gasteiger partial charge in [0.2, 0.25) is 0 Å². The third-order valence-corrected chi connectivity index (χ3v) is 4.29. The molecular weight excluding hydrogens is 339 g/mol. The van der Waals surface area contributed by atoms with Gasteiger partial charge in [0.15, 0.2) is 0 Å². The van der Waals surface area contributed by atoms with Crippen molar-refractivity contribution in [2.45, 2.75) is 19.8 Å². The lowest BCUT2D eigenvalue weighted by molar-refractivity contribution is -0.143. The molecule has 2 rings (SSSR count). The number of nitrogens with zero attached hydrogens (tertiary/aromatic N) is 2. The number of ether oxygens (including phenoxy) is 2. The number of amides is 1. The number of esters is 1. The summed E-state index contributed by atoms with van der Waals surface area (Å²) >= 11 is 0. The van der Waals surface area contributed by atoms with Gasteiger partial charge in [-0.25, -0.2) is 4.39 Å². The highest BCUT2D eigenvalue weighted by molar-refractivity contribution is 5.94. The van der Waals surface area contributed by atoms with Crippen LogP contribution in [-0.4, -0.2) is 74.2 Å². The van der Waals surface area contributed by atoms with E-state index in [0.29, 0.717) is 13.2 Å². The Bertz CT molecular complexity index is 591. The lowest BCUT2D eigenvalue weighted by Crippen LogP contribution is -2.39. The first-order valence-corrected chi connectivity index (χ1v) is 9.11. The molecule has 0 spiro atoms. The monoisotopic (exact) mass is 366 g/mol. The maximum Gasteiger partial charge on any atom is 0.307 e. The van der Waals surface area contributed by atoms with Gasteiger partial charge in [0.1, 0.15) is 5.82 Å². The summed E-state index contributed by atoms with van der Waals surface area (Å²) in [7, 11) is 0. The van der Waals surface area contributed by atoms with Crippen LogP contribution in [0.25, 0.3) is 0 Å². The van der Waals surface area contributed by atoms with E-state index in [1.165, 1.54) is 17.0 Å². The highest BCUT2D eigenvalue weighted by Crippen LogP contribution is 2.12. The standard InChI is InChI=1S/C19H27FN2O4/c1-2-26-18(23)8-11-22(10-5-9-21-12-14-25-15-13-21)19(24)16-6-3-4-7-17(16)20/h3-4,6-7H,2,5,8-15H2,1H3. The van der Waals surface area contributed by atoms with Crippen molar-refractivity contribution in [3.63, 3.8) is 0 Å². The lowest BCUT2D eigenvalue weighted by atomic mass is 10.1. The van der Waals surface area contributed by atoms with Crippen molar-refractivity contribution in [3.8, 4) is 0 Å². The molecule has 1 saturated heterocycles. The molecule has 1 fully saturated rings. The van der Waals surface area contributed by atoms with Crippen molar-refractivity contribution in [2.24, 2.45) is 0 Å². The molecule has 6 nitrogen and oxygen atoms in total. The second-order valence-corrected chi connectivity index (χ2v) is 6.13. The number of carbonyl (C=O) groups excluding carboxylic acids is 2. The van der Waals surface area contributed by atoms with Gasteiger partial charge in [-0.1, -0.05) is 12.1 Å². The molecule has 1 aromatic rings. The Balaban J connectivity index is 1.94. The van der Waals surface area contributed by atoms with Gasteiger partial charge in [-0.2, -0.15) is 0 Å². The minimum atomic E-state index is -0.549. The third-order valence-electron chi connectivity index (χ3n) is 4.29. The summed E-state index contributed by atoms with van der Waals surface area (Å²) in [5.41, 5.74) is 0.0303. The van der Waals surface area contributed by atoms with Gasteiger partial charge in [0, 0.05) is 32.7 Å². The molecule has 0 aromatic heterocycles. The highest BCUT2D eigenvalue weighted by Gasteiger charge is 2.20. The van der Waals surface area contributed by atoms with E-state index in [-0.39, 0.29) is 24.5 Å². The molecule has 0 aliphatic carbocycles. The Labute approximate surface area is 153 Å². The third kappa shape index (κ3) is 6.38. The van der Waals surface area contributed by atoms with Gasteiger partial charge in [-0.3, -0.25) is 14.5 Å². The van der Waals surface area contributed by atoms with Crippen LogP contribution in [0.5, 0.6) is 0 Å². The van der Waals surface area contributed by atoms with Gasteiger partial charge in [0.05, 0.1) is 31.8 Å². The van der Waals surface area contributed by atoms with Crippen molar-refractivity contribution in [1.29, 1.82) is 0 Å². The van der Waals surface area contributed by atoms with Gasteiger partial charge >= 0.3 is 5.97 Å². The number of rotatable bonds is 9. The second kappa shape index (κ2) is 10.9. The number of morpholine rings is 1. The molecule has 0 saturated carbocycles. The van der Waals surface area contributed by atoms with Crippen LogP contribution < -0.4 is 0 Å². The average molecular weight is 366 g/mol. The van der Waals surface area contributed by atoms with E-state index in [1.807, 2.05) is 0 Å². The number of halogens is 1. The van der Waals surface area contributed by atoms with E-state index >= 15 is 0 Å². The number of hydrogen-bond acceptors (Lipinski definition) is 5. The summed E-state index contributed by atoms with van der Waals surface area (Å²) in [5.74, 6) is -1.30. The van der Waals surface area contributed by atoms with E-state index in [9.17, 15) is 14.0 Å². The first kappa shape index (κ1) is 20.3. The van der Waals surface area contributed by atoms with Gasteiger partial charge in [0.25, 0.3) is 5.91 Å². The lowest BCUT2D eigenvalue weighted by Gasteiger charge is -2.28. The Morgan fingerprint density at radius 1 is 1.23 bits per heavy atom. The molecular formula is C19H27FN2O4. The van der Waals surface area contributed by atoms with Crippen LogP contribution in [0.1, 0.15) is 30.1 Å². The van der Waals surface area contributed by atoms with Crippen molar-refractivity contribution >= 4 is 11.9 Å². The summed E-state index contributed by atoms with van der Waals surface area (Å²) in [6, 6.07) is 5.92. The minimum Gasteiger partial charge on any atom is -0.466 e. The summed E-state index contributed by atoms with van der Waals surface area (Å²) in [4.78, 5) is 28.2. The normalized spacial score (nSPS) is 14.8. The van der Waals surface area contributed by atoms with Crippen molar-refractivity contribution in [1.82, 2.24) is 9.80 Å². The fourth-order valence-corrected chi connectivity index (χ4v) is 2.89. The topological polar surface area (TPSA) is 59.1 Å². The Kier molecular flexibility index (Phi) is 8.50. The van der Waals surface area contributed by atoms with Crippen LogP contribution in [0.4, 0.5) is 4.39 Å². The highest BCUT2D eigenvalue weighted by atomic mass is 19.1. The van der Waals surface area contributed by atoms with Gasteiger partial charge in [-0.05, 0) is 25.5 Å². The Morgan fingerprint density at radius 2 is 1.96 bits per heavy atom. The summed E-state index contributed by atoms with van der Waals surface area (Å²) in [5, 5.41) is 0. The SMILES string of the molecule is CCOC(=O)CCN(CCCN1CCOCC1)C(=O)c1ccccc1F. The van der Waals surface area contributed by atoms with Crippen LogP contribution in [0.2, 0.25) is 0 Å². The molecule has 0 atom stereocenters. The summed E-state index contributed by atoms with van der Waals surface area (Å²) in [6.07, 6.45) is 0.856. The van der Waals surface area contributed by atoms with Crippen LogP contribution >= 0.6 is 0 Å². The molecule has 1 aromatic carbocycles. The van der Waals surface area contributed by atoms with E-state index in [0.717, 1.165) is 39.3 Å². The smallest absolute Gasteiger partial charge is 0.307 e. The van der Waals surface area contributed by atoms with Crippen LogP contribution in [0.3, 0.4) is 0 Å². The first-order chi connectivity index (χ1) is 12.6. The Morgan fingerprint density at radius 3 is 2.65 bits per heavy atom. The van der Waals surface area contributed by atoms with Crippen molar-refractivity contribution < 1.29 is 23.5 Å². The van der Waals surface area contributed by atoms with Crippen molar-refractivity contribution in [2.75, 3.05) is 52.5 Å². The Hall–Kier alpha value is -1.99. The number of hydrogen-bond donors (Lipinski definition) is 0. The number of carbonyl (C=O) groups is 2. The summed E-state index contributed by atoms with van der Waals surface area (Å²) < 4.78 is 24.2. The molecule has 1 heterocycles. The predicted molar refractivity (Wildman–Crippen MR) is 95.4 cm³/mol. The van der Waals surface area contributed by atoms with Crippen molar-refractivity contribution in [3.05, 3.63) is 35.6 Å². The maximum absolute atomic E-state index is 14.0. The summed E-state index contributed by atoms with van der Waals surface area (Å²) in [6.45, 7) is 6.76. The van der Waals surface area contributed by atoms with E-state index in [4.69, 9.17) is 9.47 Å². The molecule has 1 aliphatic heterocycles. The van der Waals surface area contributed by atoms with E-state index < -0.39 is 11.7 Å². The fraction of sp³-hybridized carbons (Fsp3) is 0.579. The molecule has 144 valence electrons. The fourth-order valence-electron chi connectivity index (χ4n) is 2.89. The van der Waals surface area contributed by atoms with Crippen LogP contribution in [0.15, 0.2) is 24.3 Å². The average Bonchev–Trinajstić information content (AvgIpc) is 2.65.